The highest BCUT2D eigenvalue weighted by atomic mass is 16.5. The molecule has 3 heteroatoms. The topological polar surface area (TPSA) is 38.5 Å². The number of benzene rings is 1. The number of likely N-dealkylation sites (tertiary alicyclic amines) is 1. The lowest BCUT2D eigenvalue weighted by Gasteiger charge is -2.45. The molecule has 2 aliphatic heterocycles. The van der Waals surface area contributed by atoms with Crippen LogP contribution in [0.25, 0.3) is 0 Å². The number of ether oxygens (including phenoxy) is 1. The molecule has 98 valence electrons. The molecule has 18 heavy (non-hydrogen) atoms. The Kier molecular flexibility index (Phi) is 2.83. The van der Waals surface area contributed by atoms with Gasteiger partial charge in [-0.05, 0) is 32.9 Å². The van der Waals surface area contributed by atoms with Crippen molar-refractivity contribution in [3.63, 3.8) is 0 Å². The fraction of sp³-hybridized carbons (Fsp3) is 0.600. The second-order valence-electron chi connectivity index (χ2n) is 5.94. The van der Waals surface area contributed by atoms with E-state index in [9.17, 15) is 0 Å². The van der Waals surface area contributed by atoms with Gasteiger partial charge in [-0.3, -0.25) is 0 Å². The van der Waals surface area contributed by atoms with Crippen LogP contribution in [0.3, 0.4) is 0 Å². The highest BCUT2D eigenvalue weighted by Crippen LogP contribution is 2.43. The lowest BCUT2D eigenvalue weighted by atomic mass is 9.81. The third-order valence-electron chi connectivity index (χ3n) is 4.38. The summed E-state index contributed by atoms with van der Waals surface area (Å²) < 4.78 is 6.33. The number of hydrogen-bond donors (Lipinski definition) is 1. The molecule has 1 spiro atoms. The molecular formula is C15H22N2O. The van der Waals surface area contributed by atoms with E-state index in [1.165, 1.54) is 11.1 Å². The van der Waals surface area contributed by atoms with Crippen molar-refractivity contribution in [1.82, 2.24) is 4.90 Å². The van der Waals surface area contributed by atoms with E-state index in [4.69, 9.17) is 10.5 Å². The highest BCUT2D eigenvalue weighted by molar-refractivity contribution is 5.41. The Hall–Kier alpha value is -1.06. The molecule has 0 aromatic heterocycles. The van der Waals surface area contributed by atoms with Crippen molar-refractivity contribution in [2.45, 2.75) is 37.8 Å². The van der Waals surface area contributed by atoms with Crippen LogP contribution in [0.5, 0.6) is 5.75 Å². The van der Waals surface area contributed by atoms with Gasteiger partial charge in [0.2, 0.25) is 0 Å². The minimum absolute atomic E-state index is 0.0197. The van der Waals surface area contributed by atoms with Crippen LogP contribution < -0.4 is 10.5 Å². The summed E-state index contributed by atoms with van der Waals surface area (Å²) in [5, 5.41) is 0. The van der Waals surface area contributed by atoms with Crippen molar-refractivity contribution in [3.05, 3.63) is 29.3 Å². The van der Waals surface area contributed by atoms with E-state index in [1.807, 2.05) is 0 Å². The Bertz CT molecular complexity index is 450. The molecule has 2 N–H and O–H groups in total. The quantitative estimate of drug-likeness (QED) is 0.763. The van der Waals surface area contributed by atoms with Crippen LogP contribution in [-0.4, -0.2) is 30.6 Å². The van der Waals surface area contributed by atoms with E-state index in [2.05, 4.69) is 37.1 Å². The van der Waals surface area contributed by atoms with Crippen LogP contribution in [0.1, 0.15) is 36.4 Å². The molecule has 1 atom stereocenters. The number of fused-ring (bicyclic) bond motifs is 1. The number of rotatable bonds is 0. The molecule has 1 unspecified atom stereocenters. The summed E-state index contributed by atoms with van der Waals surface area (Å²) >= 11 is 0. The molecule has 1 fully saturated rings. The number of nitrogens with zero attached hydrogens (tertiary/aromatic N) is 1. The van der Waals surface area contributed by atoms with E-state index in [-0.39, 0.29) is 11.6 Å². The molecule has 0 saturated carbocycles. The van der Waals surface area contributed by atoms with Gasteiger partial charge in [0.15, 0.2) is 0 Å². The number of nitrogens with two attached hydrogens (primary N) is 1. The summed E-state index contributed by atoms with van der Waals surface area (Å²) in [6.45, 7) is 4.31. The Labute approximate surface area is 109 Å². The van der Waals surface area contributed by atoms with Gasteiger partial charge in [0, 0.05) is 31.1 Å². The van der Waals surface area contributed by atoms with Gasteiger partial charge in [-0.25, -0.2) is 0 Å². The zero-order chi connectivity index (χ0) is 12.8. The maximum Gasteiger partial charge on any atom is 0.124 e. The Balaban J connectivity index is 1.89. The molecule has 2 aliphatic rings. The van der Waals surface area contributed by atoms with Crippen molar-refractivity contribution in [2.24, 2.45) is 5.73 Å². The lowest BCUT2D eigenvalue weighted by Crippen LogP contribution is -2.50. The Morgan fingerprint density at radius 2 is 2.06 bits per heavy atom. The number of piperidine rings is 1. The fourth-order valence-corrected chi connectivity index (χ4v) is 3.17. The van der Waals surface area contributed by atoms with Crippen LogP contribution >= 0.6 is 0 Å². The zero-order valence-corrected chi connectivity index (χ0v) is 11.3. The smallest absolute Gasteiger partial charge is 0.124 e. The van der Waals surface area contributed by atoms with Crippen molar-refractivity contribution in [2.75, 3.05) is 20.1 Å². The predicted octanol–water partition coefficient (Wildman–Crippen LogP) is 2.24. The van der Waals surface area contributed by atoms with E-state index in [0.717, 1.165) is 38.1 Å². The molecule has 2 heterocycles. The Morgan fingerprint density at radius 1 is 1.33 bits per heavy atom. The minimum atomic E-state index is -0.0197. The molecule has 0 aliphatic carbocycles. The molecule has 0 bridgehead atoms. The SMILES string of the molecule is Cc1ccc2c(c1)C(N)CC1(CCN(C)CC1)O2. The van der Waals surface area contributed by atoms with Gasteiger partial charge in [0.25, 0.3) is 0 Å². The first-order valence-electron chi connectivity index (χ1n) is 6.82. The van der Waals surface area contributed by atoms with Crippen molar-refractivity contribution in [3.8, 4) is 5.75 Å². The maximum atomic E-state index is 6.36. The van der Waals surface area contributed by atoms with Gasteiger partial charge in [-0.2, -0.15) is 0 Å². The molecule has 3 rings (SSSR count). The predicted molar refractivity (Wildman–Crippen MR) is 72.8 cm³/mol. The molecule has 3 nitrogen and oxygen atoms in total. The summed E-state index contributed by atoms with van der Waals surface area (Å²) in [6.07, 6.45) is 3.13. The third kappa shape index (κ3) is 2.02. The number of aryl methyl sites for hydroxylation is 1. The average Bonchev–Trinajstić information content (AvgIpc) is 2.35. The fourth-order valence-electron chi connectivity index (χ4n) is 3.17. The highest BCUT2D eigenvalue weighted by Gasteiger charge is 2.41. The monoisotopic (exact) mass is 246 g/mol. The summed E-state index contributed by atoms with van der Waals surface area (Å²) in [7, 11) is 2.17. The largest absolute Gasteiger partial charge is 0.487 e. The van der Waals surface area contributed by atoms with Crippen LogP contribution in [0.2, 0.25) is 0 Å². The summed E-state index contributed by atoms with van der Waals surface area (Å²) in [5.41, 5.74) is 8.78. The molecule has 1 aromatic rings. The van der Waals surface area contributed by atoms with E-state index in [0.29, 0.717) is 0 Å². The van der Waals surface area contributed by atoms with Crippen LogP contribution in [0.4, 0.5) is 0 Å². The van der Waals surface area contributed by atoms with Gasteiger partial charge in [-0.1, -0.05) is 17.7 Å². The van der Waals surface area contributed by atoms with Gasteiger partial charge in [0.05, 0.1) is 0 Å². The Morgan fingerprint density at radius 3 is 2.78 bits per heavy atom. The van der Waals surface area contributed by atoms with Crippen LogP contribution in [0, 0.1) is 6.92 Å². The summed E-state index contributed by atoms with van der Waals surface area (Å²) in [5.74, 6) is 1.00. The standard InChI is InChI=1S/C15H22N2O/c1-11-3-4-14-12(9-11)13(16)10-15(18-14)5-7-17(2)8-6-15/h3-4,9,13H,5-8,10,16H2,1-2H3. The average molecular weight is 246 g/mol. The second kappa shape index (κ2) is 4.25. The molecule has 1 saturated heterocycles. The van der Waals surface area contributed by atoms with E-state index >= 15 is 0 Å². The summed E-state index contributed by atoms with van der Waals surface area (Å²) in [6, 6.07) is 6.49. The van der Waals surface area contributed by atoms with Crippen LogP contribution in [-0.2, 0) is 0 Å². The second-order valence-corrected chi connectivity index (χ2v) is 5.94. The summed E-state index contributed by atoms with van der Waals surface area (Å²) in [4.78, 5) is 2.37. The first-order valence-corrected chi connectivity index (χ1v) is 6.82. The molecular weight excluding hydrogens is 224 g/mol. The minimum Gasteiger partial charge on any atom is -0.487 e. The van der Waals surface area contributed by atoms with E-state index in [1.54, 1.807) is 0 Å². The van der Waals surface area contributed by atoms with Crippen molar-refractivity contribution in [1.29, 1.82) is 0 Å². The maximum absolute atomic E-state index is 6.36. The van der Waals surface area contributed by atoms with Crippen molar-refractivity contribution < 1.29 is 4.74 Å². The zero-order valence-electron chi connectivity index (χ0n) is 11.3. The normalized spacial score (nSPS) is 26.7. The first kappa shape index (κ1) is 12.0. The molecule has 0 radical (unpaired) electrons. The lowest BCUT2D eigenvalue weighted by molar-refractivity contribution is -0.0164. The molecule has 0 amide bonds. The van der Waals surface area contributed by atoms with Gasteiger partial charge < -0.3 is 15.4 Å². The third-order valence-corrected chi connectivity index (χ3v) is 4.38. The van der Waals surface area contributed by atoms with Gasteiger partial charge in [-0.15, -0.1) is 0 Å². The van der Waals surface area contributed by atoms with Crippen LogP contribution in [0.15, 0.2) is 18.2 Å². The first-order chi connectivity index (χ1) is 8.58. The van der Waals surface area contributed by atoms with Crippen molar-refractivity contribution >= 4 is 0 Å². The number of hydrogen-bond acceptors (Lipinski definition) is 3. The van der Waals surface area contributed by atoms with Gasteiger partial charge in [0.1, 0.15) is 11.4 Å². The van der Waals surface area contributed by atoms with Gasteiger partial charge >= 0.3 is 0 Å². The molecule has 1 aromatic carbocycles. The van der Waals surface area contributed by atoms with E-state index < -0.39 is 0 Å².